The zero-order chi connectivity index (χ0) is 10.9. The lowest BCUT2D eigenvalue weighted by molar-refractivity contribution is 0.0995. The first kappa shape index (κ1) is 10.6. The van der Waals surface area contributed by atoms with Gasteiger partial charge in [-0.3, -0.25) is 4.79 Å². The standard InChI is InChI=1S/C8H15N5O/c1-5-6(7(10)14)11-12-13(5)8(2,3)4-9/h4,9H2,1-3H3,(H2,10,14). The minimum Gasteiger partial charge on any atom is -0.364 e. The highest BCUT2D eigenvalue weighted by molar-refractivity contribution is 5.91. The quantitative estimate of drug-likeness (QED) is 0.674. The first-order valence-electron chi connectivity index (χ1n) is 4.33. The van der Waals surface area contributed by atoms with Crippen LogP contribution in [0.5, 0.6) is 0 Å². The molecule has 4 N–H and O–H groups in total. The molecule has 0 spiro atoms. The summed E-state index contributed by atoms with van der Waals surface area (Å²) in [4.78, 5) is 10.9. The second-order valence-corrected chi connectivity index (χ2v) is 3.82. The van der Waals surface area contributed by atoms with Crippen LogP contribution in [-0.2, 0) is 5.54 Å². The van der Waals surface area contributed by atoms with E-state index in [4.69, 9.17) is 11.5 Å². The largest absolute Gasteiger partial charge is 0.364 e. The number of carbonyl (C=O) groups excluding carboxylic acids is 1. The molecule has 6 heteroatoms. The van der Waals surface area contributed by atoms with Gasteiger partial charge in [0, 0.05) is 6.54 Å². The van der Waals surface area contributed by atoms with Crippen molar-refractivity contribution in [2.45, 2.75) is 26.3 Å². The minimum atomic E-state index is -0.568. The van der Waals surface area contributed by atoms with Crippen molar-refractivity contribution in [3.05, 3.63) is 11.4 Å². The molecule has 6 nitrogen and oxygen atoms in total. The number of hydrogen-bond acceptors (Lipinski definition) is 4. The Morgan fingerprint density at radius 1 is 1.57 bits per heavy atom. The molecule has 1 aromatic rings. The maximum atomic E-state index is 10.9. The van der Waals surface area contributed by atoms with Gasteiger partial charge in [-0.15, -0.1) is 5.10 Å². The van der Waals surface area contributed by atoms with Gasteiger partial charge < -0.3 is 11.5 Å². The fourth-order valence-corrected chi connectivity index (χ4v) is 1.22. The monoisotopic (exact) mass is 197 g/mol. The highest BCUT2D eigenvalue weighted by atomic mass is 16.1. The fourth-order valence-electron chi connectivity index (χ4n) is 1.22. The molecular weight excluding hydrogens is 182 g/mol. The van der Waals surface area contributed by atoms with Crippen molar-refractivity contribution in [2.24, 2.45) is 11.5 Å². The first-order valence-corrected chi connectivity index (χ1v) is 4.33. The fraction of sp³-hybridized carbons (Fsp3) is 0.625. The van der Waals surface area contributed by atoms with E-state index in [9.17, 15) is 4.79 Å². The SMILES string of the molecule is Cc1c(C(N)=O)nnn1C(C)(C)CN. The minimum absolute atomic E-state index is 0.200. The number of carbonyl (C=O) groups is 1. The van der Waals surface area contributed by atoms with Gasteiger partial charge in [0.15, 0.2) is 5.69 Å². The number of rotatable bonds is 3. The summed E-state index contributed by atoms with van der Waals surface area (Å²) in [6, 6.07) is 0. The number of aromatic nitrogens is 3. The number of amides is 1. The maximum absolute atomic E-state index is 10.9. The van der Waals surface area contributed by atoms with E-state index in [1.54, 1.807) is 11.6 Å². The highest BCUT2D eigenvalue weighted by Crippen LogP contribution is 2.15. The lowest BCUT2D eigenvalue weighted by atomic mass is 10.1. The Morgan fingerprint density at radius 3 is 2.50 bits per heavy atom. The van der Waals surface area contributed by atoms with Crippen LogP contribution in [0.3, 0.4) is 0 Å². The van der Waals surface area contributed by atoms with E-state index in [0.29, 0.717) is 12.2 Å². The molecule has 0 radical (unpaired) electrons. The third kappa shape index (κ3) is 1.60. The Kier molecular flexibility index (Phi) is 2.57. The number of nitrogens with zero attached hydrogens (tertiary/aromatic N) is 3. The normalized spacial score (nSPS) is 11.7. The number of primary amides is 1. The van der Waals surface area contributed by atoms with Gasteiger partial charge in [0.05, 0.1) is 11.2 Å². The van der Waals surface area contributed by atoms with Crippen LogP contribution in [-0.4, -0.2) is 27.4 Å². The van der Waals surface area contributed by atoms with Crippen LogP contribution in [0.2, 0.25) is 0 Å². The van der Waals surface area contributed by atoms with Crippen molar-refractivity contribution in [1.82, 2.24) is 15.0 Å². The average Bonchev–Trinajstić information content (AvgIpc) is 2.47. The highest BCUT2D eigenvalue weighted by Gasteiger charge is 2.24. The van der Waals surface area contributed by atoms with Gasteiger partial charge in [-0.2, -0.15) is 0 Å². The maximum Gasteiger partial charge on any atom is 0.271 e. The van der Waals surface area contributed by atoms with Gasteiger partial charge in [-0.05, 0) is 20.8 Å². The van der Waals surface area contributed by atoms with Gasteiger partial charge in [0.1, 0.15) is 0 Å². The Morgan fingerprint density at radius 2 is 2.14 bits per heavy atom. The molecule has 0 saturated carbocycles. The second-order valence-electron chi connectivity index (χ2n) is 3.82. The summed E-state index contributed by atoms with van der Waals surface area (Å²) in [7, 11) is 0. The Hall–Kier alpha value is -1.43. The molecule has 1 heterocycles. The van der Waals surface area contributed by atoms with E-state index in [2.05, 4.69) is 10.3 Å². The van der Waals surface area contributed by atoms with Gasteiger partial charge in [-0.1, -0.05) is 5.21 Å². The van der Waals surface area contributed by atoms with Gasteiger partial charge in [-0.25, -0.2) is 4.68 Å². The molecule has 0 aliphatic carbocycles. The second kappa shape index (κ2) is 3.38. The van der Waals surface area contributed by atoms with E-state index >= 15 is 0 Å². The van der Waals surface area contributed by atoms with Crippen molar-refractivity contribution >= 4 is 5.91 Å². The van der Waals surface area contributed by atoms with Crippen LogP contribution < -0.4 is 11.5 Å². The molecule has 78 valence electrons. The van der Waals surface area contributed by atoms with Crippen molar-refractivity contribution in [1.29, 1.82) is 0 Å². The lowest BCUT2D eigenvalue weighted by Gasteiger charge is -2.23. The molecule has 1 aromatic heterocycles. The van der Waals surface area contributed by atoms with Crippen molar-refractivity contribution in [2.75, 3.05) is 6.54 Å². The molecule has 0 saturated heterocycles. The van der Waals surface area contributed by atoms with E-state index in [1.807, 2.05) is 13.8 Å². The van der Waals surface area contributed by atoms with Gasteiger partial charge in [0.2, 0.25) is 0 Å². The van der Waals surface area contributed by atoms with E-state index < -0.39 is 5.91 Å². The van der Waals surface area contributed by atoms with Crippen LogP contribution in [0.25, 0.3) is 0 Å². The smallest absolute Gasteiger partial charge is 0.271 e. The van der Waals surface area contributed by atoms with Gasteiger partial charge in [0.25, 0.3) is 5.91 Å². The lowest BCUT2D eigenvalue weighted by Crippen LogP contribution is -2.36. The summed E-state index contributed by atoms with van der Waals surface area (Å²) in [5.41, 5.74) is 11.2. The van der Waals surface area contributed by atoms with E-state index in [0.717, 1.165) is 0 Å². The van der Waals surface area contributed by atoms with Crippen molar-refractivity contribution in [3.63, 3.8) is 0 Å². The molecule has 1 rings (SSSR count). The summed E-state index contributed by atoms with van der Waals surface area (Å²) in [6.07, 6.45) is 0. The first-order chi connectivity index (χ1) is 6.40. The topological polar surface area (TPSA) is 99.8 Å². The molecule has 0 aliphatic rings. The summed E-state index contributed by atoms with van der Waals surface area (Å²) >= 11 is 0. The Bertz CT molecular complexity index is 355. The summed E-state index contributed by atoms with van der Waals surface area (Å²) in [5, 5.41) is 7.58. The van der Waals surface area contributed by atoms with Crippen LogP contribution in [0.1, 0.15) is 30.0 Å². The summed E-state index contributed by atoms with van der Waals surface area (Å²) < 4.78 is 1.62. The third-order valence-corrected chi connectivity index (χ3v) is 2.20. The predicted octanol–water partition coefficient (Wildman–Crippen LogP) is -0.621. The van der Waals surface area contributed by atoms with Crippen LogP contribution in [0, 0.1) is 6.92 Å². The molecule has 0 unspecified atom stereocenters. The van der Waals surface area contributed by atoms with Crippen LogP contribution >= 0.6 is 0 Å². The Labute approximate surface area is 82.3 Å². The zero-order valence-electron chi connectivity index (χ0n) is 8.61. The molecule has 1 amide bonds. The number of nitrogens with two attached hydrogens (primary N) is 2. The Balaban J connectivity index is 3.19. The van der Waals surface area contributed by atoms with Gasteiger partial charge >= 0.3 is 0 Å². The molecule has 0 fully saturated rings. The van der Waals surface area contributed by atoms with Crippen molar-refractivity contribution < 1.29 is 4.79 Å². The summed E-state index contributed by atoms with van der Waals surface area (Å²) in [6.45, 7) is 5.99. The molecule has 14 heavy (non-hydrogen) atoms. The van der Waals surface area contributed by atoms with E-state index in [-0.39, 0.29) is 11.2 Å². The third-order valence-electron chi connectivity index (χ3n) is 2.20. The molecule has 0 aromatic carbocycles. The average molecular weight is 197 g/mol. The van der Waals surface area contributed by atoms with Crippen molar-refractivity contribution in [3.8, 4) is 0 Å². The molecule has 0 aliphatic heterocycles. The predicted molar refractivity (Wildman–Crippen MR) is 51.7 cm³/mol. The van der Waals surface area contributed by atoms with Crippen LogP contribution in [0.15, 0.2) is 0 Å². The molecular formula is C8H15N5O. The molecule has 0 atom stereocenters. The number of hydrogen-bond donors (Lipinski definition) is 2. The van der Waals surface area contributed by atoms with E-state index in [1.165, 1.54) is 0 Å². The van der Waals surface area contributed by atoms with Crippen LogP contribution in [0.4, 0.5) is 0 Å². The molecule has 0 bridgehead atoms. The zero-order valence-corrected chi connectivity index (χ0v) is 8.61. The summed E-state index contributed by atoms with van der Waals surface area (Å²) in [5.74, 6) is -0.568.